The average molecular weight is 421 g/mol. The molecule has 1 aliphatic rings. The van der Waals surface area contributed by atoms with Gasteiger partial charge >= 0.3 is 0 Å². The molecule has 0 unspecified atom stereocenters. The maximum Gasteiger partial charge on any atom is 0.191 e. The topological polar surface area (TPSA) is 70.7 Å². The summed E-state index contributed by atoms with van der Waals surface area (Å²) < 4.78 is 11.4. The molecular weight excluding hydrogens is 388 g/mol. The Morgan fingerprint density at radius 3 is 2.81 bits per heavy atom. The fourth-order valence-electron chi connectivity index (χ4n) is 3.95. The lowest BCUT2D eigenvalue weighted by molar-refractivity contribution is -0.0390. The molecule has 2 heterocycles. The molecule has 0 aliphatic carbocycles. The predicted molar refractivity (Wildman–Crippen MR) is 125 cm³/mol. The Kier molecular flexibility index (Phi) is 7.58. The molecule has 1 aromatic heterocycles. The first-order chi connectivity index (χ1) is 15.3. The van der Waals surface area contributed by atoms with Crippen molar-refractivity contribution < 1.29 is 9.47 Å². The number of aromatic amines is 1. The molecule has 0 saturated carbocycles. The molecule has 0 amide bonds. The number of benzene rings is 2. The van der Waals surface area contributed by atoms with E-state index in [-0.39, 0.29) is 0 Å². The van der Waals surface area contributed by atoms with E-state index in [1.54, 1.807) is 7.05 Å². The smallest absolute Gasteiger partial charge is 0.191 e. The number of para-hydroxylation sites is 1. The molecule has 3 N–H and O–H groups in total. The zero-order valence-electron chi connectivity index (χ0n) is 18.2. The third-order valence-electron chi connectivity index (χ3n) is 5.69. The van der Waals surface area contributed by atoms with Gasteiger partial charge in [0, 0.05) is 50.5 Å². The van der Waals surface area contributed by atoms with Gasteiger partial charge in [0.05, 0.1) is 12.7 Å². The van der Waals surface area contributed by atoms with Crippen molar-refractivity contribution in [1.82, 2.24) is 15.6 Å². The summed E-state index contributed by atoms with van der Waals surface area (Å²) in [6.45, 7) is 3.80. The summed E-state index contributed by atoms with van der Waals surface area (Å²) in [4.78, 5) is 7.69. The van der Waals surface area contributed by atoms with Crippen LogP contribution in [0.25, 0.3) is 10.9 Å². The molecular formula is C25H32N4O2. The maximum atomic E-state index is 6.05. The number of rotatable bonds is 8. The summed E-state index contributed by atoms with van der Waals surface area (Å²) in [5.74, 6) is 0.809. The first-order valence-corrected chi connectivity index (χ1v) is 11.1. The van der Waals surface area contributed by atoms with Gasteiger partial charge in [-0.25, -0.2) is 0 Å². The Morgan fingerprint density at radius 2 is 1.94 bits per heavy atom. The van der Waals surface area contributed by atoms with Crippen molar-refractivity contribution in [1.29, 1.82) is 0 Å². The molecule has 1 saturated heterocycles. The number of nitrogens with one attached hydrogen (secondary N) is 3. The van der Waals surface area contributed by atoms with E-state index in [2.05, 4.69) is 75.3 Å². The summed E-state index contributed by atoms with van der Waals surface area (Å²) in [5, 5.41) is 8.11. The molecule has 0 radical (unpaired) electrons. The van der Waals surface area contributed by atoms with Gasteiger partial charge in [-0.15, -0.1) is 0 Å². The highest BCUT2D eigenvalue weighted by atomic mass is 16.5. The van der Waals surface area contributed by atoms with Crippen molar-refractivity contribution in [2.75, 3.05) is 26.8 Å². The quantitative estimate of drug-likeness (QED) is 0.383. The fourth-order valence-corrected chi connectivity index (χ4v) is 3.95. The number of ether oxygens (including phenoxy) is 2. The van der Waals surface area contributed by atoms with Crippen molar-refractivity contribution in [3.63, 3.8) is 0 Å². The molecule has 6 nitrogen and oxygen atoms in total. The van der Waals surface area contributed by atoms with Crippen molar-refractivity contribution in [3.05, 3.63) is 71.4 Å². The van der Waals surface area contributed by atoms with Crippen LogP contribution in [-0.2, 0) is 29.0 Å². The van der Waals surface area contributed by atoms with Crippen LogP contribution in [0.5, 0.6) is 0 Å². The van der Waals surface area contributed by atoms with E-state index in [4.69, 9.17) is 9.47 Å². The minimum Gasteiger partial charge on any atom is -0.381 e. The van der Waals surface area contributed by atoms with E-state index in [1.807, 2.05) is 0 Å². The SMILES string of the molecule is CN=C(NCCc1c[nH]c2ccccc12)NCc1cccc(COC2CCOCC2)c1. The van der Waals surface area contributed by atoms with Crippen LogP contribution in [0.1, 0.15) is 29.5 Å². The zero-order chi connectivity index (χ0) is 21.3. The van der Waals surface area contributed by atoms with Crippen LogP contribution in [0.2, 0.25) is 0 Å². The molecule has 0 atom stereocenters. The summed E-state index contributed by atoms with van der Waals surface area (Å²) in [5.41, 5.74) is 4.91. The van der Waals surface area contributed by atoms with Gasteiger partial charge in [0.1, 0.15) is 0 Å². The number of aliphatic imine (C=N–C) groups is 1. The summed E-state index contributed by atoms with van der Waals surface area (Å²) >= 11 is 0. The number of aromatic nitrogens is 1. The standard InChI is InChI=1S/C25H32N4O2/c1-26-25(27-12-9-21-17-28-24-8-3-2-7-23(21)24)29-16-19-5-4-6-20(15-19)18-31-22-10-13-30-14-11-22/h2-8,15,17,22,28H,9-14,16,18H2,1H3,(H2,26,27,29). The van der Waals surface area contributed by atoms with Crippen molar-refractivity contribution >= 4 is 16.9 Å². The van der Waals surface area contributed by atoms with Crippen molar-refractivity contribution in [3.8, 4) is 0 Å². The molecule has 6 heteroatoms. The molecule has 1 aliphatic heterocycles. The second kappa shape index (κ2) is 11.0. The highest BCUT2D eigenvalue weighted by Gasteiger charge is 2.14. The van der Waals surface area contributed by atoms with Gasteiger partial charge in [-0.1, -0.05) is 42.5 Å². The highest BCUT2D eigenvalue weighted by Crippen LogP contribution is 2.17. The number of H-pyrrole nitrogens is 1. The molecule has 2 aromatic carbocycles. The number of fused-ring (bicyclic) bond motifs is 1. The van der Waals surface area contributed by atoms with E-state index < -0.39 is 0 Å². The number of nitrogens with zero attached hydrogens (tertiary/aromatic N) is 1. The predicted octanol–water partition coefficient (Wildman–Crippen LogP) is 3.77. The lowest BCUT2D eigenvalue weighted by Gasteiger charge is -2.22. The van der Waals surface area contributed by atoms with E-state index >= 15 is 0 Å². The molecule has 0 bridgehead atoms. The Labute approximate surface area is 184 Å². The third-order valence-corrected chi connectivity index (χ3v) is 5.69. The van der Waals surface area contributed by atoms with E-state index in [0.29, 0.717) is 12.7 Å². The average Bonchev–Trinajstić information content (AvgIpc) is 3.24. The Hall–Kier alpha value is -2.83. The molecule has 164 valence electrons. The van der Waals surface area contributed by atoms with Crippen LogP contribution >= 0.6 is 0 Å². The maximum absolute atomic E-state index is 6.05. The van der Waals surface area contributed by atoms with E-state index in [1.165, 1.54) is 27.6 Å². The second-order valence-corrected chi connectivity index (χ2v) is 7.90. The van der Waals surface area contributed by atoms with Crippen molar-refractivity contribution in [2.24, 2.45) is 4.99 Å². The first kappa shape index (κ1) is 21.4. The van der Waals surface area contributed by atoms with Gasteiger partial charge in [-0.2, -0.15) is 0 Å². The van der Waals surface area contributed by atoms with Crippen molar-refractivity contribution in [2.45, 2.75) is 38.5 Å². The minimum absolute atomic E-state index is 0.315. The van der Waals surface area contributed by atoms with Gasteiger partial charge in [0.2, 0.25) is 0 Å². The fraction of sp³-hybridized carbons (Fsp3) is 0.400. The van der Waals surface area contributed by atoms with Crippen LogP contribution in [-0.4, -0.2) is 43.9 Å². The summed E-state index contributed by atoms with van der Waals surface area (Å²) in [6, 6.07) is 16.9. The third kappa shape index (κ3) is 6.09. The summed E-state index contributed by atoms with van der Waals surface area (Å²) in [6.07, 6.45) is 5.32. The molecule has 4 rings (SSSR count). The minimum atomic E-state index is 0.315. The van der Waals surface area contributed by atoms with Crippen LogP contribution in [0, 0.1) is 0 Å². The molecule has 31 heavy (non-hydrogen) atoms. The molecule has 0 spiro atoms. The molecule has 3 aromatic rings. The van der Waals surface area contributed by atoms with Crippen LogP contribution in [0.4, 0.5) is 0 Å². The van der Waals surface area contributed by atoms with Crippen LogP contribution in [0.3, 0.4) is 0 Å². The number of hydrogen-bond acceptors (Lipinski definition) is 3. The largest absolute Gasteiger partial charge is 0.381 e. The summed E-state index contributed by atoms with van der Waals surface area (Å²) in [7, 11) is 1.80. The van der Waals surface area contributed by atoms with Gasteiger partial charge < -0.3 is 25.1 Å². The van der Waals surface area contributed by atoms with E-state index in [9.17, 15) is 0 Å². The number of hydrogen-bond donors (Lipinski definition) is 3. The van der Waals surface area contributed by atoms with Gasteiger partial charge in [0.25, 0.3) is 0 Å². The Morgan fingerprint density at radius 1 is 1.10 bits per heavy atom. The number of guanidine groups is 1. The van der Waals surface area contributed by atoms with Gasteiger partial charge in [-0.05, 0) is 42.0 Å². The van der Waals surface area contributed by atoms with Crippen LogP contribution in [0.15, 0.2) is 59.7 Å². The Balaban J connectivity index is 1.23. The lowest BCUT2D eigenvalue weighted by atomic mass is 10.1. The normalized spacial score (nSPS) is 15.3. The van der Waals surface area contributed by atoms with Crippen LogP contribution < -0.4 is 10.6 Å². The lowest BCUT2D eigenvalue weighted by Crippen LogP contribution is -2.37. The highest BCUT2D eigenvalue weighted by molar-refractivity contribution is 5.83. The van der Waals surface area contributed by atoms with E-state index in [0.717, 1.165) is 51.5 Å². The second-order valence-electron chi connectivity index (χ2n) is 7.90. The van der Waals surface area contributed by atoms with Gasteiger partial charge in [-0.3, -0.25) is 4.99 Å². The van der Waals surface area contributed by atoms with Gasteiger partial charge in [0.15, 0.2) is 5.96 Å². The zero-order valence-corrected chi connectivity index (χ0v) is 18.2. The first-order valence-electron chi connectivity index (χ1n) is 11.1. The monoisotopic (exact) mass is 420 g/mol. The molecule has 1 fully saturated rings. The Bertz CT molecular complexity index is 992.